The topological polar surface area (TPSA) is 60.4 Å². The van der Waals surface area contributed by atoms with E-state index in [2.05, 4.69) is 10.8 Å². The second-order valence-corrected chi connectivity index (χ2v) is 4.91. The molecule has 1 rings (SSSR count). The van der Waals surface area contributed by atoms with Gasteiger partial charge in [0.2, 0.25) is 0 Å². The summed E-state index contributed by atoms with van der Waals surface area (Å²) in [7, 11) is -3.89. The van der Waals surface area contributed by atoms with Gasteiger partial charge in [-0.15, -0.1) is 0 Å². The molecule has 4 nitrogen and oxygen atoms in total. The van der Waals surface area contributed by atoms with Crippen molar-refractivity contribution >= 4 is 16.1 Å². The maximum absolute atomic E-state index is 11.4. The second kappa shape index (κ2) is 4.94. The molecule has 0 atom stereocenters. The van der Waals surface area contributed by atoms with Crippen molar-refractivity contribution in [3.05, 3.63) is 48.0 Å². The lowest BCUT2D eigenvalue weighted by atomic mass is 10.2. The molecule has 0 bridgehead atoms. The highest BCUT2D eigenvalue weighted by Gasteiger charge is 2.18. The molecule has 0 amide bonds. The summed E-state index contributed by atoms with van der Waals surface area (Å²) in [5.41, 5.74) is 0.619. The third kappa shape index (κ3) is 3.86. The van der Waals surface area contributed by atoms with Gasteiger partial charge in [-0.05, 0) is 12.5 Å². The minimum atomic E-state index is -3.89. The Morgan fingerprint density at radius 1 is 1.31 bits per heavy atom. The highest BCUT2D eigenvalue weighted by atomic mass is 32.2. The van der Waals surface area contributed by atoms with E-state index in [4.69, 9.17) is 0 Å². The van der Waals surface area contributed by atoms with Crippen molar-refractivity contribution in [1.82, 2.24) is 0 Å². The normalized spacial score (nSPS) is 10.8. The van der Waals surface area contributed by atoms with Crippen LogP contribution in [0, 0.1) is 0 Å². The molecule has 0 radical (unpaired) electrons. The Bertz CT molecular complexity index is 488. The van der Waals surface area contributed by atoms with Crippen molar-refractivity contribution in [2.45, 2.75) is 12.7 Å². The average molecular weight is 240 g/mol. The van der Waals surface area contributed by atoms with Crippen LogP contribution < -0.4 is 0 Å². The monoisotopic (exact) mass is 240 g/mol. The van der Waals surface area contributed by atoms with Crippen LogP contribution in [0.2, 0.25) is 0 Å². The lowest BCUT2D eigenvalue weighted by molar-refractivity contribution is -0.129. The Morgan fingerprint density at radius 2 is 1.88 bits per heavy atom. The second-order valence-electron chi connectivity index (χ2n) is 3.34. The van der Waals surface area contributed by atoms with Gasteiger partial charge in [0.15, 0.2) is 0 Å². The van der Waals surface area contributed by atoms with Crippen molar-refractivity contribution in [2.24, 2.45) is 0 Å². The van der Waals surface area contributed by atoms with Crippen LogP contribution in [0.5, 0.6) is 0 Å². The van der Waals surface area contributed by atoms with Crippen molar-refractivity contribution in [1.29, 1.82) is 0 Å². The molecule has 0 aliphatic heterocycles. The fraction of sp³-hybridized carbons (Fsp3) is 0.182. The smallest absolute Gasteiger partial charge is 0.341 e. The molecule has 5 heteroatoms. The van der Waals surface area contributed by atoms with E-state index in [1.807, 2.05) is 0 Å². The summed E-state index contributed by atoms with van der Waals surface area (Å²) < 4.78 is 27.2. The van der Waals surface area contributed by atoms with Crippen LogP contribution >= 0.6 is 0 Å². The molecule has 0 N–H and O–H groups in total. The standard InChI is InChI=1S/C11H12O4S/c1-9(2)11(12)15-16(13,14)8-10-6-4-3-5-7-10/h3-7H,1,8H2,2H3. The predicted octanol–water partition coefficient (Wildman–Crippen LogP) is 1.64. The van der Waals surface area contributed by atoms with E-state index in [0.717, 1.165) is 0 Å². The molecule has 16 heavy (non-hydrogen) atoms. The molecule has 0 saturated carbocycles. The van der Waals surface area contributed by atoms with Crippen molar-refractivity contribution in [2.75, 3.05) is 0 Å². The number of hydrogen-bond acceptors (Lipinski definition) is 4. The van der Waals surface area contributed by atoms with Crippen molar-refractivity contribution in [3.63, 3.8) is 0 Å². The molecule has 0 aliphatic carbocycles. The zero-order valence-electron chi connectivity index (χ0n) is 8.84. The molecule has 0 heterocycles. The van der Waals surface area contributed by atoms with Gasteiger partial charge in [0.25, 0.3) is 0 Å². The summed E-state index contributed by atoms with van der Waals surface area (Å²) in [5, 5.41) is 0. The zero-order chi connectivity index (χ0) is 12.2. The van der Waals surface area contributed by atoms with E-state index < -0.39 is 16.1 Å². The van der Waals surface area contributed by atoms with Gasteiger partial charge < -0.3 is 4.18 Å². The van der Waals surface area contributed by atoms with Gasteiger partial charge >= 0.3 is 16.1 Å². The largest absolute Gasteiger partial charge is 0.348 e. The summed E-state index contributed by atoms with van der Waals surface area (Å²) in [6.07, 6.45) is 0. The minimum Gasteiger partial charge on any atom is -0.341 e. The quantitative estimate of drug-likeness (QED) is 0.593. The first-order valence-corrected chi connectivity index (χ1v) is 6.14. The Kier molecular flexibility index (Phi) is 3.84. The van der Waals surface area contributed by atoms with Crippen LogP contribution in [0.15, 0.2) is 42.5 Å². The first-order valence-electron chi connectivity index (χ1n) is 4.56. The van der Waals surface area contributed by atoms with E-state index in [1.54, 1.807) is 30.3 Å². The number of rotatable bonds is 4. The number of benzene rings is 1. The molecule has 0 fully saturated rings. The summed E-state index contributed by atoms with van der Waals surface area (Å²) >= 11 is 0. The zero-order valence-corrected chi connectivity index (χ0v) is 9.66. The van der Waals surface area contributed by atoms with E-state index >= 15 is 0 Å². The van der Waals surface area contributed by atoms with E-state index in [1.165, 1.54) is 6.92 Å². The maximum atomic E-state index is 11.4. The molecule has 0 aromatic heterocycles. The molecule has 0 spiro atoms. The van der Waals surface area contributed by atoms with Gasteiger partial charge in [0.05, 0.1) is 0 Å². The van der Waals surface area contributed by atoms with Crippen LogP contribution in [0.4, 0.5) is 0 Å². The van der Waals surface area contributed by atoms with Gasteiger partial charge in [0.1, 0.15) is 5.75 Å². The van der Waals surface area contributed by atoms with Crippen LogP contribution in [-0.4, -0.2) is 14.4 Å². The molecule has 0 aliphatic rings. The molecule has 1 aromatic carbocycles. The molecule has 0 unspecified atom stereocenters. The Labute approximate surface area is 94.7 Å². The summed E-state index contributed by atoms with van der Waals surface area (Å²) in [5.74, 6) is -1.25. The van der Waals surface area contributed by atoms with Gasteiger partial charge in [0, 0.05) is 5.57 Å². The van der Waals surface area contributed by atoms with Gasteiger partial charge in [-0.25, -0.2) is 4.79 Å². The minimum absolute atomic E-state index is 0.0524. The number of carbonyl (C=O) groups is 1. The summed E-state index contributed by atoms with van der Waals surface area (Å²) in [6.45, 7) is 4.70. The molecule has 1 aromatic rings. The Morgan fingerprint density at radius 3 is 2.38 bits per heavy atom. The van der Waals surface area contributed by atoms with Crippen LogP contribution in [-0.2, 0) is 24.8 Å². The molecule has 0 saturated heterocycles. The van der Waals surface area contributed by atoms with Gasteiger partial charge in [-0.2, -0.15) is 8.42 Å². The Hall–Kier alpha value is -1.62. The van der Waals surface area contributed by atoms with Gasteiger partial charge in [-0.1, -0.05) is 36.9 Å². The highest BCUT2D eigenvalue weighted by Crippen LogP contribution is 2.08. The SMILES string of the molecule is C=C(C)C(=O)OS(=O)(=O)Cc1ccccc1. The highest BCUT2D eigenvalue weighted by molar-refractivity contribution is 7.86. The Balaban J connectivity index is 2.74. The fourth-order valence-corrected chi connectivity index (χ4v) is 2.03. The third-order valence-electron chi connectivity index (χ3n) is 1.74. The number of hydrogen-bond donors (Lipinski definition) is 0. The fourth-order valence-electron chi connectivity index (χ4n) is 0.994. The van der Waals surface area contributed by atoms with Crippen LogP contribution in [0.25, 0.3) is 0 Å². The summed E-state index contributed by atoms with van der Waals surface area (Å²) in [4.78, 5) is 11.0. The molecule has 86 valence electrons. The maximum Gasteiger partial charge on any atom is 0.348 e. The van der Waals surface area contributed by atoms with Crippen molar-refractivity contribution in [3.8, 4) is 0 Å². The molecular weight excluding hydrogens is 228 g/mol. The van der Waals surface area contributed by atoms with Crippen LogP contribution in [0.3, 0.4) is 0 Å². The van der Waals surface area contributed by atoms with Crippen molar-refractivity contribution < 1.29 is 17.4 Å². The summed E-state index contributed by atoms with van der Waals surface area (Å²) in [6, 6.07) is 8.49. The average Bonchev–Trinajstić information content (AvgIpc) is 2.17. The lowest BCUT2D eigenvalue weighted by Crippen LogP contribution is -2.15. The first-order chi connectivity index (χ1) is 7.41. The van der Waals surface area contributed by atoms with Crippen LogP contribution in [0.1, 0.15) is 12.5 Å². The van der Waals surface area contributed by atoms with E-state index in [0.29, 0.717) is 5.56 Å². The molecular formula is C11H12O4S. The third-order valence-corrected chi connectivity index (χ3v) is 2.83. The van der Waals surface area contributed by atoms with E-state index in [9.17, 15) is 13.2 Å². The first kappa shape index (κ1) is 12.4. The number of carbonyl (C=O) groups excluding carboxylic acids is 1. The lowest BCUT2D eigenvalue weighted by Gasteiger charge is -2.04. The van der Waals surface area contributed by atoms with Gasteiger partial charge in [-0.3, -0.25) is 0 Å². The van der Waals surface area contributed by atoms with E-state index in [-0.39, 0.29) is 11.3 Å². The predicted molar refractivity (Wildman–Crippen MR) is 60.0 cm³/mol.